The standard InChI is InChI=1S/C27H18I2N2O3/c28-23-14-17(13-22-26(32)30-31(27(22)33)20-10-2-1-3-11-20)15-24(29)25(23)34-16-19-9-6-8-18-7-4-5-12-21(18)19/h1-15H,16H2,(H,30,32)/b22-13-. The molecule has 168 valence electrons. The van der Waals surface area contributed by atoms with E-state index in [4.69, 9.17) is 4.74 Å². The lowest BCUT2D eigenvalue weighted by atomic mass is 10.1. The Labute approximate surface area is 224 Å². The molecule has 7 heteroatoms. The molecule has 0 aromatic heterocycles. The number of halogens is 2. The van der Waals surface area contributed by atoms with Crippen LogP contribution < -0.4 is 15.2 Å². The number of anilines is 1. The maximum Gasteiger partial charge on any atom is 0.282 e. The van der Waals surface area contributed by atoms with Crippen molar-refractivity contribution < 1.29 is 14.3 Å². The van der Waals surface area contributed by atoms with Crippen LogP contribution in [0.4, 0.5) is 5.69 Å². The normalized spacial score (nSPS) is 14.6. The van der Waals surface area contributed by atoms with Crippen molar-refractivity contribution in [3.8, 4) is 5.75 Å². The van der Waals surface area contributed by atoms with Gasteiger partial charge in [0.25, 0.3) is 11.8 Å². The zero-order chi connectivity index (χ0) is 23.7. The molecule has 5 rings (SSSR count). The molecule has 0 atom stereocenters. The highest BCUT2D eigenvalue weighted by Crippen LogP contribution is 2.32. The smallest absolute Gasteiger partial charge is 0.282 e. The molecular formula is C27H18I2N2O3. The van der Waals surface area contributed by atoms with Crippen LogP contribution in [0, 0.1) is 7.14 Å². The molecule has 1 aliphatic heterocycles. The molecule has 5 nitrogen and oxygen atoms in total. The topological polar surface area (TPSA) is 58.6 Å². The third kappa shape index (κ3) is 4.54. The van der Waals surface area contributed by atoms with E-state index in [1.807, 2.05) is 48.5 Å². The van der Waals surface area contributed by atoms with Gasteiger partial charge in [-0.2, -0.15) is 0 Å². The first kappa shape index (κ1) is 22.9. The van der Waals surface area contributed by atoms with Crippen molar-refractivity contribution >= 4 is 79.5 Å². The molecule has 1 N–H and O–H groups in total. The van der Waals surface area contributed by atoms with Gasteiger partial charge < -0.3 is 4.74 Å². The van der Waals surface area contributed by atoms with Gasteiger partial charge in [-0.05, 0) is 97.4 Å². The van der Waals surface area contributed by atoms with Crippen molar-refractivity contribution in [2.75, 3.05) is 5.01 Å². The molecule has 0 bridgehead atoms. The number of hydrogen-bond donors (Lipinski definition) is 1. The van der Waals surface area contributed by atoms with Gasteiger partial charge in [0.15, 0.2) is 0 Å². The largest absolute Gasteiger partial charge is 0.487 e. The van der Waals surface area contributed by atoms with Crippen molar-refractivity contribution in [1.29, 1.82) is 0 Å². The lowest BCUT2D eigenvalue weighted by molar-refractivity contribution is -0.117. The molecule has 0 spiro atoms. The van der Waals surface area contributed by atoms with E-state index in [1.54, 1.807) is 18.2 Å². The SMILES string of the molecule is O=C1NN(c2ccccc2)C(=O)/C1=C\c1cc(I)c(OCc2cccc3ccccc23)c(I)c1. The predicted molar refractivity (Wildman–Crippen MR) is 150 cm³/mol. The number of rotatable bonds is 5. The highest BCUT2D eigenvalue weighted by atomic mass is 127. The molecule has 1 aliphatic rings. The Bertz CT molecular complexity index is 1420. The van der Waals surface area contributed by atoms with Crippen molar-refractivity contribution in [1.82, 2.24) is 5.43 Å². The van der Waals surface area contributed by atoms with E-state index in [2.05, 4.69) is 74.9 Å². The first-order valence-electron chi connectivity index (χ1n) is 10.5. The average molecular weight is 672 g/mol. The van der Waals surface area contributed by atoms with Crippen molar-refractivity contribution in [3.05, 3.63) is 109 Å². The van der Waals surface area contributed by atoms with Crippen LogP contribution in [-0.2, 0) is 16.2 Å². The fraction of sp³-hybridized carbons (Fsp3) is 0.0370. The Morgan fingerprint density at radius 1 is 0.853 bits per heavy atom. The van der Waals surface area contributed by atoms with Gasteiger partial charge in [0.2, 0.25) is 0 Å². The second-order valence-electron chi connectivity index (χ2n) is 7.72. The van der Waals surface area contributed by atoms with Crippen molar-refractivity contribution in [2.45, 2.75) is 6.61 Å². The molecule has 0 saturated carbocycles. The summed E-state index contributed by atoms with van der Waals surface area (Å²) in [6.45, 7) is 0.445. The van der Waals surface area contributed by atoms with Crippen LogP contribution in [0.1, 0.15) is 11.1 Å². The van der Waals surface area contributed by atoms with Crippen LogP contribution in [0.3, 0.4) is 0 Å². The molecule has 1 saturated heterocycles. The summed E-state index contributed by atoms with van der Waals surface area (Å²) in [5, 5.41) is 3.62. The Morgan fingerprint density at radius 3 is 2.29 bits per heavy atom. The van der Waals surface area contributed by atoms with Gasteiger partial charge >= 0.3 is 0 Å². The van der Waals surface area contributed by atoms with Gasteiger partial charge in [0.05, 0.1) is 12.8 Å². The fourth-order valence-corrected chi connectivity index (χ4v) is 5.98. The molecule has 1 heterocycles. The van der Waals surface area contributed by atoms with Crippen molar-refractivity contribution in [2.24, 2.45) is 0 Å². The molecule has 1 fully saturated rings. The molecule has 2 amide bonds. The molecule has 4 aromatic carbocycles. The number of hydrazine groups is 1. The molecule has 0 radical (unpaired) electrons. The lowest BCUT2D eigenvalue weighted by Crippen LogP contribution is -2.35. The summed E-state index contributed by atoms with van der Waals surface area (Å²) in [5.74, 6) is -0.0166. The zero-order valence-corrected chi connectivity index (χ0v) is 22.1. The van der Waals surface area contributed by atoms with E-state index >= 15 is 0 Å². The molecular weight excluding hydrogens is 654 g/mol. The van der Waals surface area contributed by atoms with Gasteiger partial charge in [0.1, 0.15) is 17.9 Å². The van der Waals surface area contributed by atoms with Crippen LogP contribution in [0.2, 0.25) is 0 Å². The number of fused-ring (bicyclic) bond motifs is 1. The number of benzene rings is 4. The molecule has 4 aromatic rings. The van der Waals surface area contributed by atoms with Gasteiger partial charge in [-0.1, -0.05) is 60.7 Å². The van der Waals surface area contributed by atoms with Crippen LogP contribution in [0.15, 0.2) is 90.5 Å². The van der Waals surface area contributed by atoms with E-state index in [-0.39, 0.29) is 11.5 Å². The highest BCUT2D eigenvalue weighted by Gasteiger charge is 2.34. The van der Waals surface area contributed by atoms with Gasteiger partial charge in [-0.3, -0.25) is 15.0 Å². The van der Waals surface area contributed by atoms with Crippen LogP contribution >= 0.6 is 45.2 Å². The number of ether oxygens (including phenoxy) is 1. The number of hydrogen-bond acceptors (Lipinski definition) is 3. The second kappa shape index (κ2) is 9.75. The number of nitrogens with zero attached hydrogens (tertiary/aromatic N) is 1. The van der Waals surface area contributed by atoms with Gasteiger partial charge in [-0.25, -0.2) is 5.01 Å². The predicted octanol–water partition coefficient (Wildman–Crippen LogP) is 6.09. The van der Waals surface area contributed by atoms with E-state index in [0.717, 1.165) is 24.0 Å². The van der Waals surface area contributed by atoms with Gasteiger partial charge in [0, 0.05) is 0 Å². The summed E-state index contributed by atoms with van der Waals surface area (Å²) in [6.07, 6.45) is 1.62. The Kier molecular flexibility index (Phi) is 6.55. The number of carbonyl (C=O) groups is 2. The molecule has 0 unspecified atom stereocenters. The molecule has 34 heavy (non-hydrogen) atoms. The second-order valence-corrected chi connectivity index (χ2v) is 10.0. The fourth-order valence-electron chi connectivity index (χ4n) is 3.85. The maximum atomic E-state index is 12.9. The Balaban J connectivity index is 1.38. The first-order chi connectivity index (χ1) is 16.5. The van der Waals surface area contributed by atoms with Crippen LogP contribution in [0.5, 0.6) is 5.75 Å². The Hall–Kier alpha value is -2.92. The van der Waals surface area contributed by atoms with Crippen LogP contribution in [0.25, 0.3) is 16.8 Å². The van der Waals surface area contributed by atoms with E-state index < -0.39 is 5.91 Å². The minimum atomic E-state index is -0.421. The number of para-hydroxylation sites is 1. The number of nitrogens with one attached hydrogen (secondary N) is 1. The van der Waals surface area contributed by atoms with E-state index in [9.17, 15) is 9.59 Å². The summed E-state index contributed by atoms with van der Waals surface area (Å²) in [5.41, 5.74) is 5.22. The summed E-state index contributed by atoms with van der Waals surface area (Å²) in [6, 6.07) is 27.3. The van der Waals surface area contributed by atoms with E-state index in [0.29, 0.717) is 12.3 Å². The van der Waals surface area contributed by atoms with E-state index in [1.165, 1.54) is 15.8 Å². The minimum absolute atomic E-state index is 0.0971. The zero-order valence-electron chi connectivity index (χ0n) is 17.8. The van der Waals surface area contributed by atoms with Gasteiger partial charge in [-0.15, -0.1) is 0 Å². The summed E-state index contributed by atoms with van der Waals surface area (Å²) in [4.78, 5) is 25.4. The lowest BCUT2D eigenvalue weighted by Gasteiger charge is -2.14. The number of amides is 2. The summed E-state index contributed by atoms with van der Waals surface area (Å²) < 4.78 is 8.02. The first-order valence-corrected chi connectivity index (χ1v) is 12.7. The number of carbonyl (C=O) groups excluding carboxylic acids is 2. The minimum Gasteiger partial charge on any atom is -0.487 e. The highest BCUT2D eigenvalue weighted by molar-refractivity contribution is 14.1. The third-order valence-corrected chi connectivity index (χ3v) is 7.09. The average Bonchev–Trinajstić information content (AvgIpc) is 3.12. The molecule has 0 aliphatic carbocycles. The monoisotopic (exact) mass is 672 g/mol. The summed E-state index contributed by atoms with van der Waals surface area (Å²) in [7, 11) is 0. The summed E-state index contributed by atoms with van der Waals surface area (Å²) >= 11 is 4.46. The quantitative estimate of drug-likeness (QED) is 0.159. The Morgan fingerprint density at radius 2 is 1.53 bits per heavy atom. The maximum absolute atomic E-state index is 12.9. The third-order valence-electron chi connectivity index (χ3n) is 5.49. The van der Waals surface area contributed by atoms with Crippen LogP contribution in [-0.4, -0.2) is 11.8 Å². The van der Waals surface area contributed by atoms with Crippen molar-refractivity contribution in [3.63, 3.8) is 0 Å².